The Hall–Kier alpha value is -2.12. The second-order valence-electron chi connectivity index (χ2n) is 4.90. The molecule has 0 spiro atoms. The number of hydrogen-bond donors (Lipinski definition) is 2. The van der Waals surface area contributed by atoms with Crippen molar-refractivity contribution in [2.45, 2.75) is 18.1 Å². The van der Waals surface area contributed by atoms with Crippen molar-refractivity contribution in [3.63, 3.8) is 0 Å². The third kappa shape index (κ3) is 4.00. The van der Waals surface area contributed by atoms with Gasteiger partial charge in [-0.05, 0) is 29.3 Å². The molecule has 0 saturated heterocycles. The van der Waals surface area contributed by atoms with Crippen LogP contribution < -0.4 is 5.73 Å². The molecular formula is C15H12ClF3N2O2. The van der Waals surface area contributed by atoms with E-state index >= 15 is 0 Å². The molecule has 122 valence electrons. The highest BCUT2D eigenvalue weighted by Gasteiger charge is 2.34. The van der Waals surface area contributed by atoms with E-state index in [0.29, 0.717) is 16.8 Å². The van der Waals surface area contributed by atoms with Crippen molar-refractivity contribution in [3.8, 4) is 0 Å². The van der Waals surface area contributed by atoms with Gasteiger partial charge in [-0.3, -0.25) is 9.78 Å². The van der Waals surface area contributed by atoms with Crippen LogP contribution in [0.1, 0.15) is 22.6 Å². The monoisotopic (exact) mass is 344 g/mol. The van der Waals surface area contributed by atoms with Gasteiger partial charge in [0.05, 0.1) is 5.56 Å². The molecule has 3 N–H and O–H groups in total. The Morgan fingerprint density at radius 2 is 1.78 bits per heavy atom. The summed E-state index contributed by atoms with van der Waals surface area (Å²) in [6.07, 6.45) is -2.73. The Bertz CT molecular complexity index is 705. The smallest absolute Gasteiger partial charge is 0.417 e. The molecule has 0 radical (unpaired) electrons. The number of nitrogens with zero attached hydrogens (tertiary/aromatic N) is 1. The summed E-state index contributed by atoms with van der Waals surface area (Å²) in [4.78, 5) is 14.8. The molecule has 2 atom stereocenters. The van der Waals surface area contributed by atoms with E-state index in [1.165, 1.54) is 30.5 Å². The van der Waals surface area contributed by atoms with Gasteiger partial charge in [0.25, 0.3) is 0 Å². The second-order valence-corrected chi connectivity index (χ2v) is 5.33. The predicted molar refractivity (Wildman–Crippen MR) is 78.1 cm³/mol. The first kappa shape index (κ1) is 17.2. The molecule has 0 fully saturated rings. The van der Waals surface area contributed by atoms with E-state index in [1.807, 2.05) is 0 Å². The van der Waals surface area contributed by atoms with E-state index in [1.54, 1.807) is 0 Å². The van der Waals surface area contributed by atoms with Crippen molar-refractivity contribution >= 4 is 17.6 Å². The number of carbonyl (C=O) groups is 1. The molecule has 0 amide bonds. The maximum absolute atomic E-state index is 12.8. The zero-order chi connectivity index (χ0) is 17.2. The number of carboxylic acids is 1. The minimum Gasteiger partial charge on any atom is -0.480 e. The fraction of sp³-hybridized carbons (Fsp3) is 0.200. The minimum atomic E-state index is -4.58. The fourth-order valence-electron chi connectivity index (χ4n) is 2.20. The van der Waals surface area contributed by atoms with Crippen molar-refractivity contribution in [2.75, 3.05) is 0 Å². The van der Waals surface area contributed by atoms with Gasteiger partial charge in [-0.2, -0.15) is 13.2 Å². The molecule has 0 unspecified atom stereocenters. The van der Waals surface area contributed by atoms with Crippen LogP contribution in [0.15, 0.2) is 42.7 Å². The summed E-state index contributed by atoms with van der Waals surface area (Å²) in [7, 11) is 0. The number of hydrogen-bond acceptors (Lipinski definition) is 3. The van der Waals surface area contributed by atoms with Gasteiger partial charge in [0, 0.05) is 23.3 Å². The maximum atomic E-state index is 12.8. The highest BCUT2D eigenvalue weighted by atomic mass is 35.5. The molecule has 1 aromatic heterocycles. The molecule has 8 heteroatoms. The topological polar surface area (TPSA) is 76.2 Å². The summed E-state index contributed by atoms with van der Waals surface area (Å²) >= 11 is 5.78. The molecule has 0 aliphatic heterocycles. The molecule has 4 nitrogen and oxygen atoms in total. The highest BCUT2D eigenvalue weighted by molar-refractivity contribution is 6.30. The molecule has 1 aromatic carbocycles. The molecular weight excluding hydrogens is 333 g/mol. The van der Waals surface area contributed by atoms with Crippen LogP contribution in [-0.2, 0) is 11.0 Å². The SMILES string of the molecule is N[C@H](C(=O)O)[C@@H](c1ccc(Cl)cc1)c1cncc(C(F)(F)F)c1. The second kappa shape index (κ2) is 6.55. The van der Waals surface area contributed by atoms with Crippen molar-refractivity contribution in [3.05, 3.63) is 64.4 Å². The van der Waals surface area contributed by atoms with Crippen LogP contribution in [0, 0.1) is 0 Å². The summed E-state index contributed by atoms with van der Waals surface area (Å²) in [6.45, 7) is 0. The van der Waals surface area contributed by atoms with E-state index in [4.69, 9.17) is 22.4 Å². The number of alkyl halides is 3. The van der Waals surface area contributed by atoms with Gasteiger partial charge in [-0.1, -0.05) is 23.7 Å². The number of aliphatic carboxylic acids is 1. The van der Waals surface area contributed by atoms with Gasteiger partial charge in [0.15, 0.2) is 0 Å². The van der Waals surface area contributed by atoms with Gasteiger partial charge in [0.2, 0.25) is 0 Å². The first-order valence-corrected chi connectivity index (χ1v) is 6.84. The van der Waals surface area contributed by atoms with E-state index in [9.17, 15) is 18.0 Å². The Labute approximate surface area is 134 Å². The fourth-order valence-corrected chi connectivity index (χ4v) is 2.33. The average molecular weight is 345 g/mol. The summed E-state index contributed by atoms with van der Waals surface area (Å²) in [6, 6.07) is 5.50. The number of aromatic nitrogens is 1. The number of carboxylic acid groups (broad SMARTS) is 1. The molecule has 0 aliphatic carbocycles. The van der Waals surface area contributed by atoms with E-state index in [-0.39, 0.29) is 5.56 Å². The van der Waals surface area contributed by atoms with Crippen molar-refractivity contribution in [1.29, 1.82) is 0 Å². The Morgan fingerprint density at radius 3 is 2.30 bits per heavy atom. The standard InChI is InChI=1S/C15H12ClF3N2O2/c16-11-3-1-8(2-4-11)12(13(20)14(22)23)9-5-10(7-21-6-9)15(17,18)19/h1-7,12-13H,20H2,(H,22,23)/t12-,13-/m0/s1. The van der Waals surface area contributed by atoms with Gasteiger partial charge in [-0.15, -0.1) is 0 Å². The lowest BCUT2D eigenvalue weighted by Crippen LogP contribution is -2.37. The third-order valence-corrected chi connectivity index (χ3v) is 3.57. The number of pyridine rings is 1. The largest absolute Gasteiger partial charge is 0.480 e. The summed E-state index contributed by atoms with van der Waals surface area (Å²) in [5.74, 6) is -2.32. The predicted octanol–water partition coefficient (Wildman–Crippen LogP) is 3.30. The minimum absolute atomic E-state index is 0.0667. The van der Waals surface area contributed by atoms with Gasteiger partial charge >= 0.3 is 12.1 Å². The van der Waals surface area contributed by atoms with Crippen LogP contribution >= 0.6 is 11.6 Å². The van der Waals surface area contributed by atoms with Crippen LogP contribution in [0.5, 0.6) is 0 Å². The molecule has 2 aromatic rings. The summed E-state index contributed by atoms with van der Waals surface area (Å²) in [5, 5.41) is 9.58. The Morgan fingerprint density at radius 1 is 1.17 bits per heavy atom. The quantitative estimate of drug-likeness (QED) is 0.892. The van der Waals surface area contributed by atoms with Gasteiger partial charge < -0.3 is 10.8 Å². The maximum Gasteiger partial charge on any atom is 0.417 e. The van der Waals surface area contributed by atoms with Crippen LogP contribution in [0.3, 0.4) is 0 Å². The lowest BCUT2D eigenvalue weighted by Gasteiger charge is -2.22. The lowest BCUT2D eigenvalue weighted by molar-refractivity contribution is -0.139. The molecule has 0 aliphatic rings. The van der Waals surface area contributed by atoms with Crippen molar-refractivity contribution in [2.24, 2.45) is 5.73 Å². The summed E-state index contributed by atoms with van der Waals surface area (Å²) < 4.78 is 38.5. The van der Waals surface area contributed by atoms with E-state index in [0.717, 1.165) is 6.07 Å². The lowest BCUT2D eigenvalue weighted by atomic mass is 9.86. The Kier molecular flexibility index (Phi) is 4.91. The first-order chi connectivity index (χ1) is 10.7. The molecule has 2 rings (SSSR count). The Balaban J connectivity index is 2.54. The molecule has 1 heterocycles. The van der Waals surface area contributed by atoms with Crippen LogP contribution in [0.25, 0.3) is 0 Å². The number of halogens is 4. The number of nitrogens with two attached hydrogens (primary N) is 1. The average Bonchev–Trinajstić information content (AvgIpc) is 2.49. The summed E-state index contributed by atoms with van der Waals surface area (Å²) in [5.41, 5.74) is 5.22. The molecule has 23 heavy (non-hydrogen) atoms. The molecule has 0 saturated carbocycles. The molecule has 0 bridgehead atoms. The van der Waals surface area contributed by atoms with Crippen molar-refractivity contribution in [1.82, 2.24) is 4.98 Å². The van der Waals surface area contributed by atoms with E-state index < -0.39 is 29.7 Å². The normalized spacial score (nSPS) is 14.3. The van der Waals surface area contributed by atoms with E-state index in [2.05, 4.69) is 4.98 Å². The zero-order valence-electron chi connectivity index (χ0n) is 11.6. The number of benzene rings is 1. The van der Waals surface area contributed by atoms with Crippen LogP contribution in [0.4, 0.5) is 13.2 Å². The van der Waals surface area contributed by atoms with Gasteiger partial charge in [0.1, 0.15) is 6.04 Å². The van der Waals surface area contributed by atoms with Crippen LogP contribution in [-0.4, -0.2) is 22.1 Å². The highest BCUT2D eigenvalue weighted by Crippen LogP contribution is 2.33. The van der Waals surface area contributed by atoms with Crippen LogP contribution in [0.2, 0.25) is 5.02 Å². The number of rotatable bonds is 4. The van der Waals surface area contributed by atoms with Gasteiger partial charge in [-0.25, -0.2) is 0 Å². The first-order valence-electron chi connectivity index (χ1n) is 6.46. The van der Waals surface area contributed by atoms with Crippen molar-refractivity contribution < 1.29 is 23.1 Å². The third-order valence-electron chi connectivity index (χ3n) is 3.32. The zero-order valence-corrected chi connectivity index (χ0v) is 12.3.